The first-order valence-corrected chi connectivity index (χ1v) is 15.7. The molecule has 0 radical (unpaired) electrons. The fraction of sp³-hybridized carbons (Fsp3) is 0.286. The Morgan fingerprint density at radius 1 is 1.00 bits per heavy atom. The Morgan fingerprint density at radius 3 is 2.29 bits per heavy atom. The molecule has 0 bridgehead atoms. The number of alkyl halides is 2. The van der Waals surface area contributed by atoms with Crippen LogP contribution in [0.2, 0.25) is 14.8 Å². The molecule has 0 unspecified atom stereocenters. The van der Waals surface area contributed by atoms with Crippen LogP contribution in [0.5, 0.6) is 0 Å². The summed E-state index contributed by atoms with van der Waals surface area (Å²) in [4.78, 5) is 7.01. The maximum atomic E-state index is 12.6. The first kappa shape index (κ1) is 12.8. The van der Waals surface area contributed by atoms with Crippen molar-refractivity contribution in [2.24, 2.45) is 0 Å². The van der Waals surface area contributed by atoms with Crippen LogP contribution in [0.4, 0.5) is 8.78 Å². The van der Waals surface area contributed by atoms with Gasteiger partial charge in [0.05, 0.1) is 0 Å². The standard InChI is InChI=1S/C11H7F2.3CH3.Sn/c12-11(13)10-6-5-8-3-1-2-4-9(8)7-10;;;;/h1-2,4-7,11H;3*1H3;. The summed E-state index contributed by atoms with van der Waals surface area (Å²) < 4.78 is 26.7. The van der Waals surface area contributed by atoms with Crippen LogP contribution in [-0.4, -0.2) is 18.4 Å². The molecule has 0 saturated carbocycles. The van der Waals surface area contributed by atoms with Crippen molar-refractivity contribution >= 4 is 32.7 Å². The number of hydrogen-bond donors (Lipinski definition) is 0. The van der Waals surface area contributed by atoms with Gasteiger partial charge in [0.25, 0.3) is 0 Å². The van der Waals surface area contributed by atoms with E-state index in [-0.39, 0.29) is 5.56 Å². The van der Waals surface area contributed by atoms with Gasteiger partial charge in [-0.2, -0.15) is 0 Å². The monoisotopic (exact) mass is 342 g/mol. The second-order valence-electron chi connectivity index (χ2n) is 5.34. The number of halogens is 2. The number of hydrogen-bond acceptors (Lipinski definition) is 0. The van der Waals surface area contributed by atoms with Gasteiger partial charge < -0.3 is 0 Å². The van der Waals surface area contributed by atoms with Crippen molar-refractivity contribution in [2.45, 2.75) is 21.2 Å². The first-order valence-electron chi connectivity index (χ1n) is 5.71. The summed E-state index contributed by atoms with van der Waals surface area (Å²) in [5.41, 5.74) is 0.110. The molecule has 2 rings (SSSR count). The van der Waals surface area contributed by atoms with Gasteiger partial charge in [-0.1, -0.05) is 0 Å². The van der Waals surface area contributed by atoms with E-state index < -0.39 is 24.8 Å². The normalized spacial score (nSPS) is 12.4. The molecule has 0 aliphatic rings. The molecular weight excluding hydrogens is 325 g/mol. The summed E-state index contributed by atoms with van der Waals surface area (Å²) in [6.07, 6.45) is -2.39. The molecule has 0 atom stereocenters. The molecule has 0 fully saturated rings. The van der Waals surface area contributed by atoms with E-state index in [1.54, 1.807) is 12.1 Å². The summed E-state index contributed by atoms with van der Waals surface area (Å²) in [6.45, 7) is 0. The molecule has 0 aliphatic carbocycles. The molecular formula is C14H16F2Sn. The van der Waals surface area contributed by atoms with Gasteiger partial charge in [-0.15, -0.1) is 0 Å². The fourth-order valence-corrected chi connectivity index (χ4v) is 6.75. The molecule has 0 spiro atoms. The second-order valence-corrected chi connectivity index (χ2v) is 19.7. The Morgan fingerprint density at radius 2 is 1.71 bits per heavy atom. The van der Waals surface area contributed by atoms with E-state index in [0.29, 0.717) is 0 Å². The zero-order valence-corrected chi connectivity index (χ0v) is 13.2. The van der Waals surface area contributed by atoms with E-state index in [4.69, 9.17) is 0 Å². The maximum absolute atomic E-state index is 12.6. The van der Waals surface area contributed by atoms with E-state index in [0.717, 1.165) is 10.8 Å². The fourth-order valence-electron chi connectivity index (χ4n) is 2.09. The van der Waals surface area contributed by atoms with Crippen molar-refractivity contribution in [3.05, 3.63) is 42.0 Å². The van der Waals surface area contributed by atoms with Crippen LogP contribution < -0.4 is 3.58 Å². The average molecular weight is 341 g/mol. The van der Waals surface area contributed by atoms with Crippen molar-refractivity contribution in [1.29, 1.82) is 0 Å². The van der Waals surface area contributed by atoms with Gasteiger partial charge in [0, 0.05) is 0 Å². The summed E-state index contributed by atoms with van der Waals surface area (Å²) >= 11 is -2.17. The number of rotatable bonds is 2. The third-order valence-corrected chi connectivity index (χ3v) is 8.82. The minimum atomic E-state index is -2.39. The van der Waals surface area contributed by atoms with Gasteiger partial charge in [-0.25, -0.2) is 0 Å². The molecule has 2 aromatic carbocycles. The first-order chi connectivity index (χ1) is 7.89. The molecule has 0 heterocycles. The van der Waals surface area contributed by atoms with E-state index >= 15 is 0 Å². The van der Waals surface area contributed by atoms with Gasteiger partial charge in [-0.05, 0) is 0 Å². The number of benzene rings is 2. The van der Waals surface area contributed by atoms with Crippen LogP contribution in [0.1, 0.15) is 12.0 Å². The molecule has 2 aromatic rings. The van der Waals surface area contributed by atoms with Crippen LogP contribution in [0.15, 0.2) is 36.4 Å². The van der Waals surface area contributed by atoms with Crippen molar-refractivity contribution in [3.63, 3.8) is 0 Å². The molecule has 17 heavy (non-hydrogen) atoms. The van der Waals surface area contributed by atoms with Gasteiger partial charge in [0.15, 0.2) is 0 Å². The van der Waals surface area contributed by atoms with Crippen LogP contribution >= 0.6 is 0 Å². The molecule has 0 amide bonds. The van der Waals surface area contributed by atoms with E-state index in [1.807, 2.05) is 18.2 Å². The Bertz CT molecular complexity index is 541. The zero-order chi connectivity index (χ0) is 12.6. The summed E-state index contributed by atoms with van der Waals surface area (Å²) in [5, 5.41) is 2.09. The van der Waals surface area contributed by atoms with Crippen LogP contribution in [0, 0.1) is 0 Å². The quantitative estimate of drug-likeness (QED) is 0.714. The van der Waals surface area contributed by atoms with Gasteiger partial charge in [0.1, 0.15) is 0 Å². The SMILES string of the molecule is [CH3][Sn]([CH3])([CH3])[c]1cccc2cc(C(F)F)ccc12. The molecule has 0 N–H and O–H groups in total. The zero-order valence-electron chi connectivity index (χ0n) is 10.3. The van der Waals surface area contributed by atoms with Crippen molar-refractivity contribution in [3.8, 4) is 0 Å². The third-order valence-electron chi connectivity index (χ3n) is 2.96. The minimum absolute atomic E-state index is 0.110. The van der Waals surface area contributed by atoms with Gasteiger partial charge in [0.2, 0.25) is 0 Å². The molecule has 0 saturated heterocycles. The van der Waals surface area contributed by atoms with Crippen LogP contribution in [0.25, 0.3) is 10.8 Å². The summed E-state index contributed by atoms with van der Waals surface area (Å²) in [5.74, 6) is 0. The summed E-state index contributed by atoms with van der Waals surface area (Å²) in [6, 6.07) is 11.1. The van der Waals surface area contributed by atoms with Crippen LogP contribution in [-0.2, 0) is 0 Å². The van der Waals surface area contributed by atoms with Gasteiger partial charge >= 0.3 is 105 Å². The molecule has 0 aliphatic heterocycles. The number of fused-ring (bicyclic) bond motifs is 1. The Labute approximate surface area is 105 Å². The Hall–Kier alpha value is -0.641. The molecule has 0 aromatic heterocycles. The Kier molecular flexibility index (Phi) is 3.43. The predicted octanol–water partition coefficient (Wildman–Crippen LogP) is 4.32. The van der Waals surface area contributed by atoms with Crippen molar-refractivity contribution < 1.29 is 8.78 Å². The predicted molar refractivity (Wildman–Crippen MR) is 71.9 cm³/mol. The molecule has 90 valence electrons. The second kappa shape index (κ2) is 4.56. The molecule has 0 nitrogen and oxygen atoms in total. The van der Waals surface area contributed by atoms with Crippen LogP contribution in [0.3, 0.4) is 0 Å². The van der Waals surface area contributed by atoms with E-state index in [1.165, 1.54) is 3.58 Å². The molecule has 3 heteroatoms. The van der Waals surface area contributed by atoms with E-state index in [2.05, 4.69) is 20.9 Å². The summed E-state index contributed by atoms with van der Waals surface area (Å²) in [7, 11) is 0. The third kappa shape index (κ3) is 2.62. The van der Waals surface area contributed by atoms with Crippen molar-refractivity contribution in [2.75, 3.05) is 0 Å². The Balaban J connectivity index is 2.67. The average Bonchev–Trinajstić information content (AvgIpc) is 2.26. The van der Waals surface area contributed by atoms with E-state index in [9.17, 15) is 8.78 Å². The van der Waals surface area contributed by atoms with Gasteiger partial charge in [-0.3, -0.25) is 0 Å². The van der Waals surface area contributed by atoms with Crippen molar-refractivity contribution in [1.82, 2.24) is 0 Å². The topological polar surface area (TPSA) is 0 Å².